The van der Waals surface area contributed by atoms with Crippen LogP contribution in [0.1, 0.15) is 13.0 Å². The number of nitrogens with one attached hydrogen (secondary N) is 1. The van der Waals surface area contributed by atoms with E-state index >= 15 is 0 Å². The normalized spacial score (nSPS) is 11.9. The molecule has 29 heavy (non-hydrogen) atoms. The van der Waals surface area contributed by atoms with Gasteiger partial charge in [0, 0.05) is 16.6 Å². The van der Waals surface area contributed by atoms with Gasteiger partial charge >= 0.3 is 0 Å². The summed E-state index contributed by atoms with van der Waals surface area (Å²) in [6.45, 7) is 1.69. The molecule has 4 aromatic rings. The number of hydrogen-bond donors (Lipinski definition) is 1. The molecule has 0 bridgehead atoms. The molecular formula is C22H19N3O3S. The van der Waals surface area contributed by atoms with E-state index in [2.05, 4.69) is 10.3 Å². The van der Waals surface area contributed by atoms with Crippen molar-refractivity contribution in [3.8, 4) is 16.9 Å². The first-order valence-electron chi connectivity index (χ1n) is 9.07. The molecule has 1 amide bonds. The molecule has 1 unspecified atom stereocenters. The summed E-state index contributed by atoms with van der Waals surface area (Å²) < 4.78 is 6.58. The van der Waals surface area contributed by atoms with Crippen molar-refractivity contribution in [2.45, 2.75) is 13.0 Å². The van der Waals surface area contributed by atoms with Crippen molar-refractivity contribution in [1.82, 2.24) is 9.55 Å². The lowest BCUT2D eigenvalue weighted by atomic mass is 10.1. The lowest BCUT2D eigenvalue weighted by Gasteiger charge is -2.15. The van der Waals surface area contributed by atoms with Crippen molar-refractivity contribution < 1.29 is 9.53 Å². The Hall–Kier alpha value is -3.45. The summed E-state index contributed by atoms with van der Waals surface area (Å²) in [4.78, 5) is 30.9. The van der Waals surface area contributed by atoms with Gasteiger partial charge in [0.25, 0.3) is 5.56 Å². The monoisotopic (exact) mass is 405 g/mol. The first-order valence-corrected chi connectivity index (χ1v) is 9.95. The van der Waals surface area contributed by atoms with E-state index in [1.54, 1.807) is 26.2 Å². The van der Waals surface area contributed by atoms with E-state index in [9.17, 15) is 9.59 Å². The third-order valence-corrected chi connectivity index (χ3v) is 5.64. The Morgan fingerprint density at radius 3 is 2.55 bits per heavy atom. The second kappa shape index (κ2) is 7.89. The molecule has 0 aliphatic rings. The molecule has 7 heteroatoms. The van der Waals surface area contributed by atoms with E-state index < -0.39 is 6.04 Å². The summed E-state index contributed by atoms with van der Waals surface area (Å²) in [5.74, 6) is 0.468. The molecule has 6 nitrogen and oxygen atoms in total. The molecule has 2 heterocycles. The van der Waals surface area contributed by atoms with Crippen molar-refractivity contribution in [2.75, 3.05) is 12.4 Å². The van der Waals surface area contributed by atoms with Crippen molar-refractivity contribution in [3.63, 3.8) is 0 Å². The SMILES string of the molecule is COc1ccc(-c2csc3ncn(C(C)C(=O)Nc4ccccc4)c(=O)c23)cc1. The molecule has 0 aliphatic heterocycles. The fraction of sp³-hybridized carbons (Fsp3) is 0.136. The summed E-state index contributed by atoms with van der Waals surface area (Å²) in [5, 5.41) is 5.26. The second-order valence-corrected chi connectivity index (χ2v) is 7.40. The Labute approximate surface area is 171 Å². The number of carbonyl (C=O) groups is 1. The number of fused-ring (bicyclic) bond motifs is 1. The largest absolute Gasteiger partial charge is 0.497 e. The Morgan fingerprint density at radius 1 is 1.14 bits per heavy atom. The number of amides is 1. The van der Waals surface area contributed by atoms with Crippen LogP contribution in [-0.2, 0) is 4.79 Å². The maximum Gasteiger partial charge on any atom is 0.263 e. The molecule has 0 spiro atoms. The van der Waals surface area contributed by atoms with Crippen LogP contribution in [0, 0.1) is 0 Å². The molecule has 146 valence electrons. The maximum absolute atomic E-state index is 13.2. The zero-order chi connectivity index (χ0) is 20.4. The topological polar surface area (TPSA) is 73.2 Å². The average molecular weight is 405 g/mol. The fourth-order valence-corrected chi connectivity index (χ4v) is 4.01. The highest BCUT2D eigenvalue weighted by Crippen LogP contribution is 2.31. The number of benzene rings is 2. The molecule has 2 aromatic carbocycles. The molecule has 1 N–H and O–H groups in total. The molecule has 0 saturated heterocycles. The molecule has 0 saturated carbocycles. The molecule has 0 aliphatic carbocycles. The fourth-order valence-electron chi connectivity index (χ4n) is 3.10. The van der Waals surface area contributed by atoms with E-state index in [1.165, 1.54) is 22.2 Å². The lowest BCUT2D eigenvalue weighted by molar-refractivity contribution is -0.118. The van der Waals surface area contributed by atoms with Gasteiger partial charge in [0.05, 0.1) is 18.8 Å². The van der Waals surface area contributed by atoms with Crippen LogP contribution in [0.3, 0.4) is 0 Å². The van der Waals surface area contributed by atoms with Crippen molar-refractivity contribution in [3.05, 3.63) is 76.7 Å². The van der Waals surface area contributed by atoms with Crippen molar-refractivity contribution >= 4 is 33.1 Å². The van der Waals surface area contributed by atoms with Crippen LogP contribution < -0.4 is 15.6 Å². The number of rotatable bonds is 5. The molecule has 0 fully saturated rings. The highest BCUT2D eigenvalue weighted by Gasteiger charge is 2.20. The average Bonchev–Trinajstić information content (AvgIpc) is 3.19. The van der Waals surface area contributed by atoms with E-state index in [4.69, 9.17) is 4.74 Å². The number of aromatic nitrogens is 2. The van der Waals surface area contributed by atoms with Gasteiger partial charge in [0.1, 0.15) is 16.6 Å². The van der Waals surface area contributed by atoms with Crippen LogP contribution in [0.15, 0.2) is 71.1 Å². The maximum atomic E-state index is 13.2. The summed E-state index contributed by atoms with van der Waals surface area (Å²) >= 11 is 1.41. The first-order chi connectivity index (χ1) is 14.1. The predicted octanol–water partition coefficient (Wildman–Crippen LogP) is 4.33. The standard InChI is InChI=1S/C22H19N3O3S/c1-14(20(26)24-16-6-4-3-5-7-16)25-13-23-21-19(22(25)27)18(12-29-21)15-8-10-17(28-2)11-9-15/h3-14H,1-2H3,(H,24,26). The van der Waals surface area contributed by atoms with Gasteiger partial charge in [-0.15, -0.1) is 11.3 Å². The van der Waals surface area contributed by atoms with Gasteiger partial charge in [-0.2, -0.15) is 0 Å². The molecule has 1 atom stereocenters. The Morgan fingerprint density at radius 2 is 1.86 bits per heavy atom. The predicted molar refractivity (Wildman–Crippen MR) is 116 cm³/mol. The number of carbonyl (C=O) groups excluding carboxylic acids is 1. The zero-order valence-electron chi connectivity index (χ0n) is 16.0. The number of para-hydroxylation sites is 1. The zero-order valence-corrected chi connectivity index (χ0v) is 16.8. The Bertz CT molecular complexity index is 1210. The quantitative estimate of drug-likeness (QED) is 0.536. The molecule has 0 radical (unpaired) electrons. The summed E-state index contributed by atoms with van der Waals surface area (Å²) in [6, 6.07) is 16.0. The van der Waals surface area contributed by atoms with E-state index in [-0.39, 0.29) is 11.5 Å². The van der Waals surface area contributed by atoms with Gasteiger partial charge in [-0.25, -0.2) is 4.98 Å². The van der Waals surface area contributed by atoms with Gasteiger partial charge < -0.3 is 10.1 Å². The van der Waals surface area contributed by atoms with Gasteiger partial charge in [-0.3, -0.25) is 14.2 Å². The Balaban J connectivity index is 1.71. The van der Waals surface area contributed by atoms with Crippen LogP contribution in [-0.4, -0.2) is 22.6 Å². The van der Waals surface area contributed by atoms with Crippen LogP contribution in [0.2, 0.25) is 0 Å². The molecular weight excluding hydrogens is 386 g/mol. The third kappa shape index (κ3) is 3.64. The molecule has 2 aromatic heterocycles. The van der Waals surface area contributed by atoms with Crippen LogP contribution in [0.25, 0.3) is 21.3 Å². The van der Waals surface area contributed by atoms with Gasteiger partial charge in [-0.1, -0.05) is 30.3 Å². The number of ether oxygens (including phenoxy) is 1. The minimum absolute atomic E-state index is 0.238. The Kier molecular flexibility index (Phi) is 5.14. The van der Waals surface area contributed by atoms with Crippen molar-refractivity contribution in [2.24, 2.45) is 0 Å². The minimum atomic E-state index is -0.705. The summed E-state index contributed by atoms with van der Waals surface area (Å²) in [6.07, 6.45) is 1.44. The van der Waals surface area contributed by atoms with Crippen molar-refractivity contribution in [1.29, 1.82) is 0 Å². The highest BCUT2D eigenvalue weighted by atomic mass is 32.1. The number of methoxy groups -OCH3 is 1. The number of nitrogens with zero attached hydrogens (tertiary/aromatic N) is 2. The van der Waals surface area contributed by atoms with Crippen LogP contribution >= 0.6 is 11.3 Å². The lowest BCUT2D eigenvalue weighted by Crippen LogP contribution is -2.31. The third-order valence-electron chi connectivity index (χ3n) is 4.76. The number of thiophene rings is 1. The van der Waals surface area contributed by atoms with E-state index in [1.807, 2.05) is 47.8 Å². The number of anilines is 1. The second-order valence-electron chi connectivity index (χ2n) is 6.55. The minimum Gasteiger partial charge on any atom is -0.497 e. The number of hydrogen-bond acceptors (Lipinski definition) is 5. The molecule has 4 rings (SSSR count). The van der Waals surface area contributed by atoms with Crippen LogP contribution in [0.5, 0.6) is 5.75 Å². The highest BCUT2D eigenvalue weighted by molar-refractivity contribution is 7.17. The smallest absolute Gasteiger partial charge is 0.263 e. The van der Waals surface area contributed by atoms with Crippen LogP contribution in [0.4, 0.5) is 5.69 Å². The summed E-state index contributed by atoms with van der Waals surface area (Å²) in [7, 11) is 1.61. The summed E-state index contributed by atoms with van der Waals surface area (Å²) in [5.41, 5.74) is 2.14. The van der Waals surface area contributed by atoms with Gasteiger partial charge in [-0.05, 0) is 36.8 Å². The van der Waals surface area contributed by atoms with E-state index in [0.29, 0.717) is 15.9 Å². The van der Waals surface area contributed by atoms with E-state index in [0.717, 1.165) is 16.9 Å². The van der Waals surface area contributed by atoms with Gasteiger partial charge in [0.15, 0.2) is 0 Å². The van der Waals surface area contributed by atoms with Gasteiger partial charge in [0.2, 0.25) is 5.91 Å². The first kappa shape index (κ1) is 18.9.